The van der Waals surface area contributed by atoms with E-state index in [1.165, 1.54) is 11.8 Å². The van der Waals surface area contributed by atoms with Crippen LogP contribution in [0.25, 0.3) is 10.9 Å². The summed E-state index contributed by atoms with van der Waals surface area (Å²) in [6.07, 6.45) is 3.62. The minimum Gasteiger partial charge on any atom is -0.362 e. The van der Waals surface area contributed by atoms with Gasteiger partial charge in [-0.2, -0.15) is 4.98 Å². The van der Waals surface area contributed by atoms with Crippen molar-refractivity contribution in [2.45, 2.75) is 61.3 Å². The molecule has 218 valence electrons. The van der Waals surface area contributed by atoms with Gasteiger partial charge in [0, 0.05) is 52.9 Å². The van der Waals surface area contributed by atoms with Gasteiger partial charge >= 0.3 is 0 Å². The Bertz CT molecular complexity index is 1550. The molecule has 1 fully saturated rings. The van der Waals surface area contributed by atoms with Crippen LogP contribution in [0.15, 0.2) is 82.2 Å². The number of thioether (sulfide) groups is 1. The highest BCUT2D eigenvalue weighted by Gasteiger charge is 2.29. The molecular formula is C33H36BrN5O2S. The molecule has 1 unspecified atom stereocenters. The number of Topliss-reactive ketones (excluding diaryl/α,β-unsaturated/α-hetero) is 1. The Kier molecular flexibility index (Phi) is 9.80. The van der Waals surface area contributed by atoms with Gasteiger partial charge in [0.25, 0.3) is 0 Å². The predicted octanol–water partition coefficient (Wildman–Crippen LogP) is 7.04. The summed E-state index contributed by atoms with van der Waals surface area (Å²) in [4.78, 5) is 39.3. The summed E-state index contributed by atoms with van der Waals surface area (Å²) in [5, 5.41) is 7.31. The van der Waals surface area contributed by atoms with E-state index in [2.05, 4.69) is 32.6 Å². The van der Waals surface area contributed by atoms with Crippen molar-refractivity contribution >= 4 is 62.1 Å². The lowest BCUT2D eigenvalue weighted by atomic mass is 9.91. The first-order valence-corrected chi connectivity index (χ1v) is 16.0. The first-order chi connectivity index (χ1) is 20.2. The molecule has 7 nitrogen and oxygen atoms in total. The van der Waals surface area contributed by atoms with Crippen molar-refractivity contribution in [3.05, 3.63) is 88.4 Å². The summed E-state index contributed by atoms with van der Waals surface area (Å²) in [6, 6.07) is 23.7. The van der Waals surface area contributed by atoms with E-state index in [-0.39, 0.29) is 30.2 Å². The average Bonchev–Trinajstić information content (AvgIpc) is 2.97. The summed E-state index contributed by atoms with van der Waals surface area (Å²) >= 11 is 4.88. The van der Waals surface area contributed by atoms with E-state index >= 15 is 0 Å². The monoisotopic (exact) mass is 645 g/mol. The van der Waals surface area contributed by atoms with Gasteiger partial charge in [-0.25, -0.2) is 4.98 Å². The first kappa shape index (κ1) is 30.0. The van der Waals surface area contributed by atoms with Crippen LogP contribution in [0.4, 0.5) is 11.8 Å². The number of carbonyl (C=O) groups is 2. The van der Waals surface area contributed by atoms with Crippen LogP contribution in [0, 0.1) is 6.92 Å². The fraction of sp³-hybridized carbons (Fsp3) is 0.333. The number of nitrogens with zero attached hydrogens (tertiary/aromatic N) is 3. The minimum atomic E-state index is -0.519. The molecule has 0 aliphatic heterocycles. The van der Waals surface area contributed by atoms with Crippen molar-refractivity contribution in [1.82, 2.24) is 15.3 Å². The van der Waals surface area contributed by atoms with E-state index in [1.807, 2.05) is 80.5 Å². The van der Waals surface area contributed by atoms with E-state index in [4.69, 9.17) is 9.97 Å². The van der Waals surface area contributed by atoms with Gasteiger partial charge < -0.3 is 15.5 Å². The van der Waals surface area contributed by atoms with E-state index < -0.39 is 5.25 Å². The Labute approximate surface area is 260 Å². The highest BCUT2D eigenvalue weighted by molar-refractivity contribution is 9.10. The average molecular weight is 647 g/mol. The fourth-order valence-corrected chi connectivity index (χ4v) is 6.70. The van der Waals surface area contributed by atoms with Crippen molar-refractivity contribution < 1.29 is 9.59 Å². The first-order valence-electron chi connectivity index (χ1n) is 14.3. The second kappa shape index (κ2) is 13.7. The number of halogens is 1. The highest BCUT2D eigenvalue weighted by Crippen LogP contribution is 2.30. The number of para-hydroxylation sites is 1. The number of ketones is 1. The van der Waals surface area contributed by atoms with Crippen molar-refractivity contribution in [2.75, 3.05) is 24.3 Å². The maximum atomic E-state index is 13.6. The maximum Gasteiger partial charge on any atom is 0.234 e. The topological polar surface area (TPSA) is 87.2 Å². The quantitative estimate of drug-likeness (QED) is 0.141. The minimum absolute atomic E-state index is 0.0387. The van der Waals surface area contributed by atoms with Crippen LogP contribution in [0.1, 0.15) is 48.0 Å². The SMILES string of the molecule is Cc1cccc(SC(CC(=O)c2ccc(Br)cc2)C(=O)N[C@H]2CC[C@@H](Nc3nc(N(C)C)c4ccccc4n3)CC2)c1. The van der Waals surface area contributed by atoms with Gasteiger partial charge in [-0.3, -0.25) is 9.59 Å². The smallest absolute Gasteiger partial charge is 0.234 e. The molecule has 9 heteroatoms. The van der Waals surface area contributed by atoms with Crippen molar-refractivity contribution in [3.63, 3.8) is 0 Å². The Morgan fingerprint density at radius 3 is 2.38 bits per heavy atom. The van der Waals surface area contributed by atoms with Crippen molar-refractivity contribution in [3.8, 4) is 0 Å². The van der Waals surface area contributed by atoms with E-state index in [0.29, 0.717) is 11.5 Å². The zero-order valence-electron chi connectivity index (χ0n) is 24.1. The summed E-state index contributed by atoms with van der Waals surface area (Å²) in [7, 11) is 3.98. The van der Waals surface area contributed by atoms with Gasteiger partial charge in [-0.15, -0.1) is 11.8 Å². The molecule has 3 aromatic carbocycles. The van der Waals surface area contributed by atoms with Crippen molar-refractivity contribution in [1.29, 1.82) is 0 Å². The van der Waals surface area contributed by atoms with Crippen molar-refractivity contribution in [2.24, 2.45) is 0 Å². The zero-order valence-corrected chi connectivity index (χ0v) is 26.5. The molecule has 1 aliphatic rings. The van der Waals surface area contributed by atoms with Gasteiger partial charge in [-0.05, 0) is 69.0 Å². The Morgan fingerprint density at radius 1 is 0.952 bits per heavy atom. The molecule has 1 saturated carbocycles. The third kappa shape index (κ3) is 7.69. The summed E-state index contributed by atoms with van der Waals surface area (Å²) in [6.45, 7) is 2.03. The molecule has 1 atom stereocenters. The molecule has 1 heterocycles. The van der Waals surface area contributed by atoms with Crippen LogP contribution in [0.5, 0.6) is 0 Å². The van der Waals surface area contributed by atoms with Crippen LogP contribution in [-0.4, -0.2) is 53.1 Å². The largest absolute Gasteiger partial charge is 0.362 e. The highest BCUT2D eigenvalue weighted by atomic mass is 79.9. The Balaban J connectivity index is 1.22. The third-order valence-corrected chi connectivity index (χ3v) is 9.23. The number of aryl methyl sites for hydroxylation is 1. The lowest BCUT2D eigenvalue weighted by Crippen LogP contribution is -2.44. The van der Waals surface area contributed by atoms with Crippen LogP contribution >= 0.6 is 27.7 Å². The van der Waals surface area contributed by atoms with Crippen LogP contribution in [-0.2, 0) is 4.79 Å². The summed E-state index contributed by atoms with van der Waals surface area (Å²) in [5.74, 6) is 1.39. The van der Waals surface area contributed by atoms with Crippen LogP contribution < -0.4 is 15.5 Å². The predicted molar refractivity (Wildman–Crippen MR) is 176 cm³/mol. The van der Waals surface area contributed by atoms with E-state index in [0.717, 1.165) is 57.3 Å². The molecule has 0 bridgehead atoms. The van der Waals surface area contributed by atoms with Crippen LogP contribution in [0.3, 0.4) is 0 Å². The molecule has 42 heavy (non-hydrogen) atoms. The molecule has 1 aliphatic carbocycles. The van der Waals surface area contributed by atoms with E-state index in [9.17, 15) is 9.59 Å². The number of hydrogen-bond donors (Lipinski definition) is 2. The normalized spacial score (nSPS) is 17.4. The Hall–Kier alpha value is -3.43. The molecule has 0 spiro atoms. The standard InChI is InChI=1S/C33H36BrN5O2S/c1-21-7-6-8-26(19-21)42-30(20-29(40)22-11-13-23(34)14-12-22)32(41)35-24-15-17-25(18-16-24)36-33-37-28-10-5-4-9-27(28)31(38-33)39(2)3/h4-14,19,24-25,30H,15-18,20H2,1-3H3,(H,35,41)(H,36,37,38)/t24-,25+,30?. The maximum absolute atomic E-state index is 13.6. The zero-order chi connectivity index (χ0) is 29.6. The number of carbonyl (C=O) groups excluding carboxylic acids is 2. The molecule has 1 amide bonds. The lowest BCUT2D eigenvalue weighted by molar-refractivity contribution is -0.121. The third-order valence-electron chi connectivity index (χ3n) is 7.51. The number of benzene rings is 3. The molecule has 1 aromatic heterocycles. The molecule has 0 saturated heterocycles. The molecular weight excluding hydrogens is 610 g/mol. The number of nitrogens with one attached hydrogen (secondary N) is 2. The van der Waals surface area contributed by atoms with Gasteiger partial charge in [0.1, 0.15) is 5.82 Å². The second-order valence-electron chi connectivity index (χ2n) is 11.0. The van der Waals surface area contributed by atoms with Crippen LogP contribution in [0.2, 0.25) is 0 Å². The number of fused-ring (bicyclic) bond motifs is 1. The molecule has 5 rings (SSSR count). The van der Waals surface area contributed by atoms with E-state index in [1.54, 1.807) is 12.1 Å². The molecule has 2 N–H and O–H groups in total. The number of hydrogen-bond acceptors (Lipinski definition) is 7. The second-order valence-corrected chi connectivity index (χ2v) is 13.2. The number of amides is 1. The van der Waals surface area contributed by atoms with Gasteiger partial charge in [0.2, 0.25) is 11.9 Å². The van der Waals surface area contributed by atoms with Gasteiger partial charge in [0.05, 0.1) is 10.8 Å². The number of aromatic nitrogens is 2. The van der Waals surface area contributed by atoms with Gasteiger partial charge in [-0.1, -0.05) is 57.9 Å². The summed E-state index contributed by atoms with van der Waals surface area (Å²) in [5.41, 5.74) is 2.65. The molecule has 0 radical (unpaired) electrons. The lowest BCUT2D eigenvalue weighted by Gasteiger charge is -2.31. The molecule has 4 aromatic rings. The summed E-state index contributed by atoms with van der Waals surface area (Å²) < 4.78 is 0.915. The Morgan fingerprint density at radius 2 is 1.67 bits per heavy atom. The number of anilines is 2. The fourth-order valence-electron chi connectivity index (χ4n) is 5.29. The number of rotatable bonds is 10. The van der Waals surface area contributed by atoms with Gasteiger partial charge in [0.15, 0.2) is 5.78 Å².